The molecule has 0 spiro atoms. The van der Waals surface area contributed by atoms with Gasteiger partial charge in [0, 0.05) is 17.8 Å². The molecule has 1 heterocycles. The van der Waals surface area contributed by atoms with E-state index in [1.54, 1.807) is 37.6 Å². The molecule has 0 amide bonds. The molecule has 3 aromatic rings. The monoisotopic (exact) mass is 396 g/mol. The quantitative estimate of drug-likeness (QED) is 0.632. The second-order valence-corrected chi connectivity index (χ2v) is 8.41. The first kappa shape index (κ1) is 20.0. The van der Waals surface area contributed by atoms with Crippen LogP contribution in [0.15, 0.2) is 77.8 Å². The highest BCUT2D eigenvalue weighted by atomic mass is 32.2. The Morgan fingerprint density at radius 3 is 2.36 bits per heavy atom. The molecule has 0 unspecified atom stereocenters. The van der Waals surface area contributed by atoms with Crippen molar-refractivity contribution >= 4 is 10.0 Å². The van der Waals surface area contributed by atoms with Gasteiger partial charge in [0.25, 0.3) is 0 Å². The molecule has 0 fully saturated rings. The number of nitrogens with one attached hydrogen (secondary N) is 1. The van der Waals surface area contributed by atoms with Crippen molar-refractivity contribution in [3.05, 3.63) is 89.6 Å². The van der Waals surface area contributed by atoms with Gasteiger partial charge in [0.05, 0.1) is 12.0 Å². The van der Waals surface area contributed by atoms with Gasteiger partial charge >= 0.3 is 0 Å². The van der Waals surface area contributed by atoms with E-state index in [2.05, 4.69) is 9.71 Å². The molecule has 0 aliphatic rings. The van der Waals surface area contributed by atoms with Crippen LogP contribution >= 0.6 is 0 Å². The van der Waals surface area contributed by atoms with Gasteiger partial charge in [-0.1, -0.05) is 54.1 Å². The van der Waals surface area contributed by atoms with Gasteiger partial charge in [-0.2, -0.15) is 0 Å². The summed E-state index contributed by atoms with van der Waals surface area (Å²) >= 11 is 0. The third-order valence-electron chi connectivity index (χ3n) is 4.49. The lowest BCUT2D eigenvalue weighted by atomic mass is 10.0. The fourth-order valence-electron chi connectivity index (χ4n) is 3.09. The highest BCUT2D eigenvalue weighted by molar-refractivity contribution is 7.89. The van der Waals surface area contributed by atoms with E-state index in [0.29, 0.717) is 18.7 Å². The number of benzene rings is 2. The molecule has 0 bridgehead atoms. The first-order valence-electron chi connectivity index (χ1n) is 9.09. The Morgan fingerprint density at radius 1 is 0.964 bits per heavy atom. The maximum Gasteiger partial charge on any atom is 0.240 e. The normalized spacial score (nSPS) is 12.5. The standard InChI is InChI=1S/C22H24N2O3S/c1-17-10-12-21(13-11-17)28(25,26)24-20(15-18-7-4-3-5-8-18)16-19-9-6-14-23-22(19)27-2/h3-14,20,24H,15-16H2,1-2H3/t20-/m0/s1. The van der Waals surface area contributed by atoms with E-state index >= 15 is 0 Å². The summed E-state index contributed by atoms with van der Waals surface area (Å²) in [6, 6.07) is 20.1. The number of hydrogen-bond acceptors (Lipinski definition) is 4. The molecule has 2 aromatic carbocycles. The number of ether oxygens (including phenoxy) is 1. The lowest BCUT2D eigenvalue weighted by Gasteiger charge is -2.20. The Hall–Kier alpha value is -2.70. The molecule has 6 heteroatoms. The van der Waals surface area contributed by atoms with Gasteiger partial charge in [-0.15, -0.1) is 0 Å². The average molecular weight is 397 g/mol. The zero-order valence-corrected chi connectivity index (χ0v) is 16.8. The molecule has 0 aliphatic heterocycles. The fourth-order valence-corrected chi connectivity index (χ4v) is 4.32. The zero-order valence-electron chi connectivity index (χ0n) is 16.0. The van der Waals surface area contributed by atoms with Gasteiger partial charge in [-0.3, -0.25) is 0 Å². The molecular weight excluding hydrogens is 372 g/mol. The SMILES string of the molecule is COc1ncccc1C[C@H](Cc1ccccc1)NS(=O)(=O)c1ccc(C)cc1. The second kappa shape index (κ2) is 8.99. The highest BCUT2D eigenvalue weighted by Crippen LogP contribution is 2.19. The summed E-state index contributed by atoms with van der Waals surface area (Å²) in [5, 5.41) is 0. The Kier molecular flexibility index (Phi) is 6.44. The number of hydrogen-bond donors (Lipinski definition) is 1. The molecule has 5 nitrogen and oxygen atoms in total. The van der Waals surface area contributed by atoms with Crippen LogP contribution in [0.4, 0.5) is 0 Å². The lowest BCUT2D eigenvalue weighted by molar-refractivity contribution is 0.389. The van der Waals surface area contributed by atoms with Crippen LogP contribution in [0.2, 0.25) is 0 Å². The zero-order chi connectivity index (χ0) is 20.0. The summed E-state index contributed by atoms with van der Waals surface area (Å²) in [6.07, 6.45) is 2.69. The van der Waals surface area contributed by atoms with Gasteiger partial charge in [0.1, 0.15) is 0 Å². The van der Waals surface area contributed by atoms with Crippen LogP contribution in [0.25, 0.3) is 0 Å². The van der Waals surface area contributed by atoms with Gasteiger partial charge in [0.2, 0.25) is 15.9 Å². The Morgan fingerprint density at radius 2 is 1.68 bits per heavy atom. The first-order valence-corrected chi connectivity index (χ1v) is 10.6. The lowest BCUT2D eigenvalue weighted by Crippen LogP contribution is -2.38. The molecule has 3 rings (SSSR count). The van der Waals surface area contributed by atoms with Crippen LogP contribution in [0.1, 0.15) is 16.7 Å². The van der Waals surface area contributed by atoms with Crippen molar-refractivity contribution in [3.63, 3.8) is 0 Å². The molecule has 1 N–H and O–H groups in total. The van der Waals surface area contributed by atoms with E-state index < -0.39 is 10.0 Å². The van der Waals surface area contributed by atoms with E-state index in [-0.39, 0.29) is 10.9 Å². The van der Waals surface area contributed by atoms with E-state index in [9.17, 15) is 8.42 Å². The van der Waals surface area contributed by atoms with E-state index in [0.717, 1.165) is 16.7 Å². The van der Waals surface area contributed by atoms with E-state index in [4.69, 9.17) is 4.74 Å². The van der Waals surface area contributed by atoms with Crippen molar-refractivity contribution in [2.24, 2.45) is 0 Å². The molecule has 1 atom stereocenters. The molecule has 1 aromatic heterocycles. The maximum absolute atomic E-state index is 12.9. The number of aromatic nitrogens is 1. The molecule has 0 radical (unpaired) electrons. The van der Waals surface area contributed by atoms with Crippen LogP contribution in [-0.4, -0.2) is 26.6 Å². The van der Waals surface area contributed by atoms with Crippen molar-refractivity contribution in [2.45, 2.75) is 30.7 Å². The summed E-state index contributed by atoms with van der Waals surface area (Å²) in [7, 11) is -2.08. The van der Waals surface area contributed by atoms with Crippen molar-refractivity contribution in [2.75, 3.05) is 7.11 Å². The Balaban J connectivity index is 1.88. The predicted octanol–water partition coefficient (Wildman–Crippen LogP) is 3.53. The summed E-state index contributed by atoms with van der Waals surface area (Å²) in [5.41, 5.74) is 2.93. The summed E-state index contributed by atoms with van der Waals surface area (Å²) in [4.78, 5) is 4.48. The third kappa shape index (κ3) is 5.18. The van der Waals surface area contributed by atoms with Gasteiger partial charge in [0.15, 0.2) is 0 Å². The smallest absolute Gasteiger partial charge is 0.240 e. The van der Waals surface area contributed by atoms with Gasteiger partial charge < -0.3 is 4.74 Å². The highest BCUT2D eigenvalue weighted by Gasteiger charge is 2.22. The largest absolute Gasteiger partial charge is 0.481 e. The number of rotatable bonds is 8. The topological polar surface area (TPSA) is 68.3 Å². The molecule has 28 heavy (non-hydrogen) atoms. The first-order chi connectivity index (χ1) is 13.5. The second-order valence-electron chi connectivity index (χ2n) is 6.70. The average Bonchev–Trinajstić information content (AvgIpc) is 2.69. The molecular formula is C22H24N2O3S. The van der Waals surface area contributed by atoms with E-state index in [1.807, 2.05) is 49.4 Å². The predicted molar refractivity (Wildman–Crippen MR) is 110 cm³/mol. The number of nitrogens with zero attached hydrogens (tertiary/aromatic N) is 1. The minimum atomic E-state index is -3.65. The van der Waals surface area contributed by atoms with E-state index in [1.165, 1.54) is 0 Å². The Labute approximate surface area is 166 Å². The molecule has 0 saturated carbocycles. The van der Waals surface area contributed by atoms with Gasteiger partial charge in [-0.25, -0.2) is 18.1 Å². The third-order valence-corrected chi connectivity index (χ3v) is 6.02. The van der Waals surface area contributed by atoms with Crippen molar-refractivity contribution in [1.82, 2.24) is 9.71 Å². The number of sulfonamides is 1. The Bertz CT molecular complexity index is 1000. The van der Waals surface area contributed by atoms with Crippen LogP contribution in [0.3, 0.4) is 0 Å². The van der Waals surface area contributed by atoms with Crippen LogP contribution < -0.4 is 9.46 Å². The van der Waals surface area contributed by atoms with Crippen LogP contribution in [0, 0.1) is 6.92 Å². The van der Waals surface area contributed by atoms with Crippen molar-refractivity contribution in [3.8, 4) is 5.88 Å². The minimum absolute atomic E-state index is 0.259. The number of aryl methyl sites for hydroxylation is 1. The van der Waals surface area contributed by atoms with Crippen LogP contribution in [0.5, 0.6) is 5.88 Å². The number of methoxy groups -OCH3 is 1. The van der Waals surface area contributed by atoms with Crippen molar-refractivity contribution < 1.29 is 13.2 Å². The summed E-state index contributed by atoms with van der Waals surface area (Å²) in [6.45, 7) is 1.93. The number of pyridine rings is 1. The van der Waals surface area contributed by atoms with Gasteiger partial charge in [-0.05, 0) is 43.5 Å². The molecule has 0 saturated heterocycles. The summed E-state index contributed by atoms with van der Waals surface area (Å²) in [5.74, 6) is 0.509. The van der Waals surface area contributed by atoms with Crippen molar-refractivity contribution in [1.29, 1.82) is 0 Å². The fraction of sp³-hybridized carbons (Fsp3) is 0.227. The van der Waals surface area contributed by atoms with Crippen LogP contribution in [-0.2, 0) is 22.9 Å². The molecule has 146 valence electrons. The summed E-state index contributed by atoms with van der Waals surface area (Å²) < 4.78 is 34.1. The minimum Gasteiger partial charge on any atom is -0.481 e. The molecule has 0 aliphatic carbocycles. The maximum atomic E-state index is 12.9.